The highest BCUT2D eigenvalue weighted by atomic mass is 16.3. The standard InChI is InChI=1S/C12H12N2O3/c15-9-3-1-2-8-10(9)14(12(17)11(8)16)7-4-5-13-6-7/h1-3,7,13,15H,4-6H2. The lowest BCUT2D eigenvalue weighted by molar-refractivity contribution is -0.114. The topological polar surface area (TPSA) is 69.6 Å². The maximum Gasteiger partial charge on any atom is 0.299 e. The molecule has 1 fully saturated rings. The van der Waals surface area contributed by atoms with Gasteiger partial charge < -0.3 is 10.4 Å². The Morgan fingerprint density at radius 2 is 2.18 bits per heavy atom. The summed E-state index contributed by atoms with van der Waals surface area (Å²) in [7, 11) is 0. The second-order valence-electron chi connectivity index (χ2n) is 4.32. The molecule has 3 rings (SSSR count). The number of rotatable bonds is 1. The summed E-state index contributed by atoms with van der Waals surface area (Å²) in [6.07, 6.45) is 0.798. The van der Waals surface area contributed by atoms with E-state index in [1.165, 1.54) is 11.0 Å². The summed E-state index contributed by atoms with van der Waals surface area (Å²) in [5.41, 5.74) is 0.679. The van der Waals surface area contributed by atoms with Crippen LogP contribution in [0.25, 0.3) is 0 Å². The van der Waals surface area contributed by atoms with E-state index in [0.29, 0.717) is 17.8 Å². The summed E-state index contributed by atoms with van der Waals surface area (Å²) in [4.78, 5) is 25.2. The van der Waals surface area contributed by atoms with Gasteiger partial charge in [0, 0.05) is 6.54 Å². The molecule has 2 aliphatic rings. The van der Waals surface area contributed by atoms with Crippen LogP contribution in [0.5, 0.6) is 5.75 Å². The number of nitrogens with one attached hydrogen (secondary N) is 1. The van der Waals surface area contributed by atoms with Crippen molar-refractivity contribution in [3.63, 3.8) is 0 Å². The van der Waals surface area contributed by atoms with Crippen LogP contribution >= 0.6 is 0 Å². The molecule has 0 spiro atoms. The molecule has 2 heterocycles. The molecule has 1 saturated heterocycles. The quantitative estimate of drug-likeness (QED) is 0.682. The molecule has 1 aromatic carbocycles. The van der Waals surface area contributed by atoms with E-state index in [4.69, 9.17) is 0 Å². The van der Waals surface area contributed by atoms with Crippen LogP contribution in [0.15, 0.2) is 18.2 Å². The number of nitrogens with zero attached hydrogens (tertiary/aromatic N) is 1. The Bertz CT molecular complexity index is 506. The van der Waals surface area contributed by atoms with Crippen LogP contribution in [0.4, 0.5) is 5.69 Å². The fourth-order valence-electron chi connectivity index (χ4n) is 2.50. The molecule has 5 nitrogen and oxygen atoms in total. The SMILES string of the molecule is O=C1C(=O)N(C2CCNC2)c2c(O)cccc21. The van der Waals surface area contributed by atoms with Crippen molar-refractivity contribution in [2.75, 3.05) is 18.0 Å². The van der Waals surface area contributed by atoms with Gasteiger partial charge in [-0.1, -0.05) is 6.07 Å². The number of amides is 1. The molecule has 0 aliphatic carbocycles. The van der Waals surface area contributed by atoms with Gasteiger partial charge in [-0.2, -0.15) is 0 Å². The molecule has 1 aromatic rings. The van der Waals surface area contributed by atoms with E-state index < -0.39 is 11.7 Å². The number of carbonyl (C=O) groups excluding carboxylic acids is 2. The number of benzene rings is 1. The lowest BCUT2D eigenvalue weighted by Crippen LogP contribution is -2.40. The first kappa shape index (κ1) is 10.3. The number of para-hydroxylation sites is 1. The van der Waals surface area contributed by atoms with Gasteiger partial charge in [0.05, 0.1) is 17.3 Å². The minimum atomic E-state index is -0.532. The minimum Gasteiger partial charge on any atom is -0.506 e. The summed E-state index contributed by atoms with van der Waals surface area (Å²) in [6, 6.07) is 4.62. The molecule has 1 atom stereocenters. The number of hydrogen-bond donors (Lipinski definition) is 2. The van der Waals surface area contributed by atoms with Crippen molar-refractivity contribution >= 4 is 17.4 Å². The van der Waals surface area contributed by atoms with Gasteiger partial charge in [0.2, 0.25) is 0 Å². The smallest absolute Gasteiger partial charge is 0.299 e. The van der Waals surface area contributed by atoms with Crippen LogP contribution in [0.2, 0.25) is 0 Å². The van der Waals surface area contributed by atoms with Gasteiger partial charge in [-0.3, -0.25) is 14.5 Å². The third-order valence-electron chi connectivity index (χ3n) is 3.31. The van der Waals surface area contributed by atoms with Gasteiger partial charge in [0.15, 0.2) is 0 Å². The van der Waals surface area contributed by atoms with Gasteiger partial charge in [-0.25, -0.2) is 0 Å². The Kier molecular flexibility index (Phi) is 2.16. The highest BCUT2D eigenvalue weighted by Gasteiger charge is 2.42. The van der Waals surface area contributed by atoms with Crippen molar-refractivity contribution in [3.8, 4) is 5.75 Å². The van der Waals surface area contributed by atoms with E-state index in [1.807, 2.05) is 0 Å². The molecule has 17 heavy (non-hydrogen) atoms. The van der Waals surface area contributed by atoms with Crippen LogP contribution in [0.3, 0.4) is 0 Å². The average molecular weight is 232 g/mol. The third-order valence-corrected chi connectivity index (χ3v) is 3.31. The Hall–Kier alpha value is -1.88. The maximum absolute atomic E-state index is 11.9. The highest BCUT2D eigenvalue weighted by molar-refractivity contribution is 6.52. The first-order chi connectivity index (χ1) is 8.20. The number of phenols is 1. The molecule has 2 N–H and O–H groups in total. The molecule has 2 aliphatic heterocycles. The van der Waals surface area contributed by atoms with Crippen LogP contribution in [-0.4, -0.2) is 35.9 Å². The summed E-state index contributed by atoms with van der Waals surface area (Å²) >= 11 is 0. The molecule has 88 valence electrons. The monoisotopic (exact) mass is 232 g/mol. The second-order valence-corrected chi connectivity index (χ2v) is 4.32. The molecule has 0 aromatic heterocycles. The van der Waals surface area contributed by atoms with Crippen molar-refractivity contribution in [2.24, 2.45) is 0 Å². The van der Waals surface area contributed by atoms with Crippen LogP contribution in [0, 0.1) is 0 Å². The number of anilines is 1. The number of aromatic hydroxyl groups is 1. The fourth-order valence-corrected chi connectivity index (χ4v) is 2.50. The molecule has 1 unspecified atom stereocenters. The molecule has 0 radical (unpaired) electrons. The number of ketones is 1. The molecule has 5 heteroatoms. The van der Waals surface area contributed by atoms with Crippen LogP contribution in [0.1, 0.15) is 16.8 Å². The third kappa shape index (κ3) is 1.36. The van der Waals surface area contributed by atoms with Crippen molar-refractivity contribution in [1.82, 2.24) is 5.32 Å². The predicted octanol–water partition coefficient (Wildman–Crippen LogP) is 0.283. The average Bonchev–Trinajstić information content (AvgIpc) is 2.90. The summed E-state index contributed by atoms with van der Waals surface area (Å²) in [5, 5.41) is 13.0. The number of phenolic OH excluding ortho intramolecular Hbond substituents is 1. The molecular weight excluding hydrogens is 220 g/mol. The van der Waals surface area contributed by atoms with Gasteiger partial charge >= 0.3 is 0 Å². The van der Waals surface area contributed by atoms with Gasteiger partial charge in [0.1, 0.15) is 5.75 Å². The minimum absolute atomic E-state index is 0.00593. The molecular formula is C12H12N2O3. The highest BCUT2D eigenvalue weighted by Crippen LogP contribution is 2.38. The first-order valence-corrected chi connectivity index (χ1v) is 5.60. The predicted molar refractivity (Wildman–Crippen MR) is 61.2 cm³/mol. The lowest BCUT2D eigenvalue weighted by atomic mass is 10.1. The number of fused-ring (bicyclic) bond motifs is 1. The normalized spacial score (nSPS) is 23.3. The van der Waals surface area contributed by atoms with E-state index in [9.17, 15) is 14.7 Å². The van der Waals surface area contributed by atoms with Gasteiger partial charge in [-0.15, -0.1) is 0 Å². The fraction of sp³-hybridized carbons (Fsp3) is 0.333. The number of hydrogen-bond acceptors (Lipinski definition) is 4. The zero-order valence-corrected chi connectivity index (χ0v) is 9.14. The molecule has 0 saturated carbocycles. The maximum atomic E-state index is 11.9. The zero-order valence-electron chi connectivity index (χ0n) is 9.14. The number of Topliss-reactive ketones (excluding diaryl/α,β-unsaturated/α-hetero) is 1. The zero-order chi connectivity index (χ0) is 12.0. The largest absolute Gasteiger partial charge is 0.506 e. The van der Waals surface area contributed by atoms with E-state index in [-0.39, 0.29) is 11.8 Å². The molecule has 0 bridgehead atoms. The van der Waals surface area contributed by atoms with E-state index >= 15 is 0 Å². The Morgan fingerprint density at radius 1 is 1.35 bits per heavy atom. The van der Waals surface area contributed by atoms with Crippen molar-refractivity contribution in [2.45, 2.75) is 12.5 Å². The Balaban J connectivity index is 2.12. The van der Waals surface area contributed by atoms with Gasteiger partial charge in [-0.05, 0) is 25.1 Å². The summed E-state index contributed by atoms with van der Waals surface area (Å²) in [5.74, 6) is -1.06. The number of carbonyl (C=O) groups is 2. The van der Waals surface area contributed by atoms with Crippen LogP contribution in [-0.2, 0) is 4.79 Å². The Labute approximate surface area is 98.0 Å². The van der Waals surface area contributed by atoms with E-state index in [2.05, 4.69) is 5.32 Å². The van der Waals surface area contributed by atoms with Crippen molar-refractivity contribution < 1.29 is 14.7 Å². The molecule has 1 amide bonds. The summed E-state index contributed by atoms with van der Waals surface area (Å²) < 4.78 is 0. The van der Waals surface area contributed by atoms with Gasteiger partial charge in [0.25, 0.3) is 11.7 Å². The first-order valence-electron chi connectivity index (χ1n) is 5.60. The summed E-state index contributed by atoms with van der Waals surface area (Å²) in [6.45, 7) is 1.48. The van der Waals surface area contributed by atoms with Crippen LogP contribution < -0.4 is 10.2 Å². The lowest BCUT2D eigenvalue weighted by Gasteiger charge is -2.23. The van der Waals surface area contributed by atoms with E-state index in [1.54, 1.807) is 12.1 Å². The second kappa shape index (κ2) is 3.56. The van der Waals surface area contributed by atoms with E-state index in [0.717, 1.165) is 13.0 Å². The van der Waals surface area contributed by atoms with Crippen molar-refractivity contribution in [1.29, 1.82) is 0 Å². The van der Waals surface area contributed by atoms with Crippen molar-refractivity contribution in [3.05, 3.63) is 23.8 Å². The Morgan fingerprint density at radius 3 is 2.88 bits per heavy atom.